The lowest BCUT2D eigenvalue weighted by atomic mass is 9.81. The number of carbonyl (C=O) groups is 1. The molecule has 124 valence electrons. The Balaban J connectivity index is 1.60. The van der Waals surface area contributed by atoms with Crippen molar-refractivity contribution in [2.24, 2.45) is 11.3 Å². The molecular formula is C15H15ClN6O2. The van der Waals surface area contributed by atoms with Crippen molar-refractivity contribution >= 4 is 29.3 Å². The van der Waals surface area contributed by atoms with Crippen molar-refractivity contribution in [3.63, 3.8) is 0 Å². The van der Waals surface area contributed by atoms with E-state index in [0.717, 1.165) is 0 Å². The zero-order valence-electron chi connectivity index (χ0n) is 12.7. The minimum Gasteiger partial charge on any atom is -0.481 e. The molecule has 24 heavy (non-hydrogen) atoms. The monoisotopic (exact) mass is 346 g/mol. The molecule has 2 saturated heterocycles. The zero-order valence-corrected chi connectivity index (χ0v) is 13.5. The topological polar surface area (TPSA) is 95.3 Å². The minimum absolute atomic E-state index is 0.0312. The summed E-state index contributed by atoms with van der Waals surface area (Å²) >= 11 is 5.77. The first-order valence-corrected chi connectivity index (χ1v) is 7.96. The molecule has 1 N–H and O–H groups in total. The highest BCUT2D eigenvalue weighted by Crippen LogP contribution is 2.44. The fourth-order valence-corrected chi connectivity index (χ4v) is 3.73. The molecule has 4 heterocycles. The van der Waals surface area contributed by atoms with Gasteiger partial charge in [0.1, 0.15) is 5.41 Å². The van der Waals surface area contributed by atoms with Crippen molar-refractivity contribution in [2.75, 3.05) is 36.0 Å². The number of rotatable bonds is 3. The molecular weight excluding hydrogens is 332 g/mol. The van der Waals surface area contributed by atoms with Gasteiger partial charge in [-0.2, -0.15) is 0 Å². The Kier molecular flexibility index (Phi) is 3.49. The lowest BCUT2D eigenvalue weighted by molar-refractivity contribution is -0.148. The van der Waals surface area contributed by atoms with Crippen LogP contribution in [0.25, 0.3) is 0 Å². The van der Waals surface area contributed by atoms with Gasteiger partial charge in [-0.3, -0.25) is 4.79 Å². The number of fused-ring (bicyclic) bond motifs is 1. The molecule has 0 bridgehead atoms. The molecule has 9 heteroatoms. The summed E-state index contributed by atoms with van der Waals surface area (Å²) in [5.41, 5.74) is -0.861. The molecule has 0 radical (unpaired) electrons. The molecule has 0 aromatic carbocycles. The van der Waals surface area contributed by atoms with Gasteiger partial charge in [0, 0.05) is 44.5 Å². The van der Waals surface area contributed by atoms with E-state index in [2.05, 4.69) is 20.2 Å². The van der Waals surface area contributed by atoms with Crippen LogP contribution in [0.5, 0.6) is 0 Å². The van der Waals surface area contributed by atoms with E-state index >= 15 is 0 Å². The Morgan fingerprint density at radius 1 is 1.17 bits per heavy atom. The van der Waals surface area contributed by atoms with Gasteiger partial charge in [0.15, 0.2) is 11.0 Å². The fourth-order valence-electron chi connectivity index (χ4n) is 3.63. The second-order valence-electron chi connectivity index (χ2n) is 6.18. The number of anilines is 2. The number of hydrogen-bond donors (Lipinski definition) is 1. The average molecular weight is 347 g/mol. The number of carboxylic acids is 1. The predicted molar refractivity (Wildman–Crippen MR) is 87.1 cm³/mol. The van der Waals surface area contributed by atoms with E-state index in [1.165, 1.54) is 0 Å². The molecule has 0 amide bonds. The average Bonchev–Trinajstić information content (AvgIpc) is 3.12. The summed E-state index contributed by atoms with van der Waals surface area (Å²) in [5, 5.41) is 18.1. The molecule has 2 aromatic heterocycles. The molecule has 2 fully saturated rings. The lowest BCUT2D eigenvalue weighted by Crippen LogP contribution is -2.41. The Morgan fingerprint density at radius 3 is 2.50 bits per heavy atom. The smallest absolute Gasteiger partial charge is 0.313 e. The Morgan fingerprint density at radius 2 is 1.88 bits per heavy atom. The van der Waals surface area contributed by atoms with Gasteiger partial charge in [-0.05, 0) is 18.2 Å². The Labute approximate surface area is 143 Å². The van der Waals surface area contributed by atoms with Crippen LogP contribution in [0, 0.1) is 11.3 Å². The van der Waals surface area contributed by atoms with Gasteiger partial charge in [-0.15, -0.1) is 10.2 Å². The van der Waals surface area contributed by atoms with Gasteiger partial charge in [0.25, 0.3) is 0 Å². The normalized spacial score (nSPS) is 25.8. The van der Waals surface area contributed by atoms with Crippen LogP contribution < -0.4 is 9.80 Å². The van der Waals surface area contributed by atoms with E-state index in [-0.39, 0.29) is 5.92 Å². The van der Waals surface area contributed by atoms with Gasteiger partial charge in [-0.1, -0.05) is 11.6 Å². The molecule has 0 spiro atoms. The molecule has 8 nitrogen and oxygen atoms in total. The molecule has 0 saturated carbocycles. The maximum atomic E-state index is 12.1. The summed E-state index contributed by atoms with van der Waals surface area (Å²) in [6.07, 6.45) is 3.33. The Hall–Kier alpha value is -2.48. The summed E-state index contributed by atoms with van der Waals surface area (Å²) in [7, 11) is 0. The second kappa shape index (κ2) is 5.55. The number of hydrogen-bond acceptors (Lipinski definition) is 7. The van der Waals surface area contributed by atoms with Crippen molar-refractivity contribution in [3.05, 3.63) is 35.7 Å². The zero-order chi connectivity index (χ0) is 16.7. The molecule has 0 unspecified atom stereocenters. The van der Waals surface area contributed by atoms with E-state index in [0.29, 0.717) is 43.1 Å². The first kappa shape index (κ1) is 15.1. The van der Waals surface area contributed by atoms with Crippen molar-refractivity contribution in [3.8, 4) is 0 Å². The van der Waals surface area contributed by atoms with E-state index in [4.69, 9.17) is 11.6 Å². The summed E-state index contributed by atoms with van der Waals surface area (Å²) in [6.45, 7) is 1.97. The third kappa shape index (κ3) is 2.34. The second-order valence-corrected chi connectivity index (χ2v) is 6.57. The van der Waals surface area contributed by atoms with Crippen molar-refractivity contribution < 1.29 is 9.90 Å². The van der Waals surface area contributed by atoms with Crippen LogP contribution in [-0.2, 0) is 4.79 Å². The fraction of sp³-hybridized carbons (Fsp3) is 0.400. The molecule has 0 aliphatic carbocycles. The van der Waals surface area contributed by atoms with E-state index in [1.54, 1.807) is 30.6 Å². The quantitative estimate of drug-likeness (QED) is 0.877. The number of nitrogens with zero attached hydrogens (tertiary/aromatic N) is 6. The Bertz CT molecular complexity index is 758. The highest BCUT2D eigenvalue weighted by atomic mass is 35.5. The van der Waals surface area contributed by atoms with Gasteiger partial charge in [0.05, 0.1) is 0 Å². The largest absolute Gasteiger partial charge is 0.481 e. The number of aliphatic carboxylic acids is 1. The summed E-state index contributed by atoms with van der Waals surface area (Å²) < 4.78 is 0. The molecule has 2 aliphatic rings. The van der Waals surface area contributed by atoms with Crippen molar-refractivity contribution in [1.82, 2.24) is 20.2 Å². The van der Waals surface area contributed by atoms with Gasteiger partial charge < -0.3 is 14.9 Å². The predicted octanol–water partition coefficient (Wildman–Crippen LogP) is 0.947. The first-order valence-electron chi connectivity index (χ1n) is 7.58. The highest BCUT2D eigenvalue weighted by molar-refractivity contribution is 6.29. The molecule has 2 aliphatic heterocycles. The molecule has 2 aromatic rings. The van der Waals surface area contributed by atoms with Gasteiger partial charge >= 0.3 is 5.97 Å². The van der Waals surface area contributed by atoms with Crippen LogP contribution in [0.3, 0.4) is 0 Å². The summed E-state index contributed by atoms with van der Waals surface area (Å²) in [6, 6.07) is 5.17. The third-order valence-electron chi connectivity index (χ3n) is 4.81. The number of carboxylic acid groups (broad SMARTS) is 1. The van der Waals surface area contributed by atoms with Gasteiger partial charge in [-0.25, -0.2) is 9.97 Å². The van der Waals surface area contributed by atoms with E-state index < -0.39 is 11.4 Å². The van der Waals surface area contributed by atoms with Crippen LogP contribution in [0.15, 0.2) is 30.6 Å². The van der Waals surface area contributed by atoms with E-state index in [9.17, 15) is 9.90 Å². The standard InChI is InChI=1S/C15H15ClN6O2/c16-11-2-3-12(20-19-11)21-6-10-7-22(14-17-4-1-5-18-14)9-15(10,8-21)13(23)24/h1-5,10H,6-9H2,(H,23,24)/t10-,15-/m0/s1. The van der Waals surface area contributed by atoms with Crippen LogP contribution in [0.2, 0.25) is 5.15 Å². The summed E-state index contributed by atoms with van der Waals surface area (Å²) in [5.74, 6) is 0.397. The summed E-state index contributed by atoms with van der Waals surface area (Å²) in [4.78, 5) is 24.4. The SMILES string of the molecule is O=C(O)[C@]12CN(c3ccc(Cl)nn3)C[C@H]1CN(c1ncccn1)C2. The van der Waals surface area contributed by atoms with Gasteiger partial charge in [0.2, 0.25) is 5.95 Å². The van der Waals surface area contributed by atoms with Crippen LogP contribution in [-0.4, -0.2) is 57.4 Å². The van der Waals surface area contributed by atoms with Crippen molar-refractivity contribution in [1.29, 1.82) is 0 Å². The number of halogens is 1. The maximum Gasteiger partial charge on any atom is 0.313 e. The van der Waals surface area contributed by atoms with Crippen LogP contribution in [0.4, 0.5) is 11.8 Å². The first-order chi connectivity index (χ1) is 11.6. The van der Waals surface area contributed by atoms with Crippen LogP contribution in [0.1, 0.15) is 0 Å². The van der Waals surface area contributed by atoms with Crippen LogP contribution >= 0.6 is 11.6 Å². The third-order valence-corrected chi connectivity index (χ3v) is 5.01. The lowest BCUT2D eigenvalue weighted by Gasteiger charge is -2.25. The minimum atomic E-state index is -0.861. The molecule has 4 rings (SSSR count). The maximum absolute atomic E-state index is 12.1. The highest BCUT2D eigenvalue weighted by Gasteiger charge is 2.58. The molecule has 2 atom stereocenters. The van der Waals surface area contributed by atoms with Crippen molar-refractivity contribution in [2.45, 2.75) is 0 Å². The van der Waals surface area contributed by atoms with E-state index in [1.807, 2.05) is 9.80 Å². The number of aromatic nitrogens is 4.